The summed E-state index contributed by atoms with van der Waals surface area (Å²) < 4.78 is 39.0. The van der Waals surface area contributed by atoms with Gasteiger partial charge >= 0.3 is 12.1 Å². The zero-order valence-electron chi connectivity index (χ0n) is 10.8. The molecule has 1 heterocycles. The van der Waals surface area contributed by atoms with Gasteiger partial charge in [-0.2, -0.15) is 13.2 Å². The van der Waals surface area contributed by atoms with Crippen LogP contribution in [-0.4, -0.2) is 26.2 Å². The Labute approximate surface area is 117 Å². The molecular weight excluding hydrogens is 289 g/mol. The fourth-order valence-electron chi connectivity index (χ4n) is 1.91. The largest absolute Gasteiger partial charge is 0.478 e. The van der Waals surface area contributed by atoms with Gasteiger partial charge in [0.25, 0.3) is 0 Å². The van der Waals surface area contributed by atoms with Gasteiger partial charge in [-0.05, 0) is 24.6 Å². The monoisotopic (exact) mass is 300 g/mol. The van der Waals surface area contributed by atoms with Gasteiger partial charge in [0.1, 0.15) is 23.8 Å². The molecule has 2 rings (SSSR count). The lowest BCUT2D eigenvalue weighted by Gasteiger charge is -2.09. The highest BCUT2D eigenvalue weighted by molar-refractivity contribution is 5.89. The first-order valence-corrected chi connectivity index (χ1v) is 5.85. The predicted molar refractivity (Wildman–Crippen MR) is 66.6 cm³/mol. The number of aliphatic hydroxyl groups is 1. The van der Waals surface area contributed by atoms with Gasteiger partial charge in [-0.3, -0.25) is 0 Å². The molecule has 0 saturated heterocycles. The lowest BCUT2D eigenvalue weighted by molar-refractivity contribution is -0.140. The van der Waals surface area contributed by atoms with Crippen molar-refractivity contribution in [3.8, 4) is 11.3 Å². The lowest BCUT2D eigenvalue weighted by atomic mass is 10.0. The molecule has 5 nitrogen and oxygen atoms in total. The van der Waals surface area contributed by atoms with Crippen LogP contribution in [-0.2, 0) is 12.8 Å². The predicted octanol–water partition coefficient (Wildman–Crippen LogP) is 2.59. The van der Waals surface area contributed by atoms with Gasteiger partial charge in [-0.15, -0.1) is 0 Å². The smallest absolute Gasteiger partial charge is 0.433 e. The summed E-state index contributed by atoms with van der Waals surface area (Å²) in [6, 6.07) is 3.84. The van der Waals surface area contributed by atoms with Crippen molar-refractivity contribution in [2.24, 2.45) is 0 Å². The van der Waals surface area contributed by atoms with Gasteiger partial charge in [0.05, 0.1) is 5.56 Å². The number of aryl methyl sites for hydroxylation is 1. The molecule has 0 saturated carbocycles. The van der Waals surface area contributed by atoms with Crippen LogP contribution in [0.1, 0.15) is 27.4 Å². The maximum absolute atomic E-state index is 13.0. The first kappa shape index (κ1) is 15.0. The van der Waals surface area contributed by atoms with E-state index in [0.717, 1.165) is 6.07 Å². The van der Waals surface area contributed by atoms with Crippen molar-refractivity contribution in [2.45, 2.75) is 19.7 Å². The number of carbonyl (C=O) groups is 1. The number of imidazole rings is 1. The van der Waals surface area contributed by atoms with E-state index < -0.39 is 30.1 Å². The van der Waals surface area contributed by atoms with Crippen LogP contribution in [0.5, 0.6) is 0 Å². The summed E-state index contributed by atoms with van der Waals surface area (Å²) in [5.41, 5.74) is -1.18. The Morgan fingerprint density at radius 1 is 1.38 bits per heavy atom. The van der Waals surface area contributed by atoms with Crippen molar-refractivity contribution in [1.82, 2.24) is 9.97 Å². The number of nitrogens with zero attached hydrogens (tertiary/aromatic N) is 1. The zero-order chi connectivity index (χ0) is 15.8. The summed E-state index contributed by atoms with van der Waals surface area (Å²) in [6.07, 6.45) is -4.69. The number of carboxylic acids is 1. The third-order valence-electron chi connectivity index (χ3n) is 2.93. The molecule has 2 aromatic rings. The van der Waals surface area contributed by atoms with Gasteiger partial charge in [0.2, 0.25) is 0 Å². The minimum Gasteiger partial charge on any atom is -0.478 e. The van der Waals surface area contributed by atoms with Gasteiger partial charge in [-0.1, -0.05) is 6.07 Å². The highest BCUT2D eigenvalue weighted by Crippen LogP contribution is 2.36. The molecule has 21 heavy (non-hydrogen) atoms. The van der Waals surface area contributed by atoms with Crippen molar-refractivity contribution >= 4 is 5.97 Å². The van der Waals surface area contributed by atoms with Crippen LogP contribution in [0.15, 0.2) is 18.2 Å². The molecule has 0 amide bonds. The number of aromatic carboxylic acids is 1. The molecular formula is C13H11F3N2O3. The Hall–Kier alpha value is -2.35. The third-order valence-corrected chi connectivity index (χ3v) is 2.93. The Kier molecular flexibility index (Phi) is 3.73. The van der Waals surface area contributed by atoms with Crippen LogP contribution in [0.2, 0.25) is 0 Å². The van der Waals surface area contributed by atoms with E-state index in [1.807, 2.05) is 4.98 Å². The number of hydrogen-bond acceptors (Lipinski definition) is 3. The maximum atomic E-state index is 13.0. The molecule has 0 unspecified atom stereocenters. The number of hydrogen-bond donors (Lipinski definition) is 3. The van der Waals surface area contributed by atoms with E-state index in [-0.39, 0.29) is 17.0 Å². The number of benzene rings is 1. The molecule has 0 aliphatic carbocycles. The van der Waals surface area contributed by atoms with E-state index in [1.165, 1.54) is 12.1 Å². The number of nitrogens with one attached hydrogen (secondary N) is 1. The molecule has 1 aromatic carbocycles. The first-order valence-electron chi connectivity index (χ1n) is 5.85. The topological polar surface area (TPSA) is 86.2 Å². The molecule has 0 bridgehead atoms. The number of alkyl halides is 3. The fourth-order valence-corrected chi connectivity index (χ4v) is 1.91. The number of halogens is 3. The molecule has 0 spiro atoms. The van der Waals surface area contributed by atoms with Gasteiger partial charge in [-0.25, -0.2) is 9.78 Å². The molecule has 3 N–H and O–H groups in total. The SMILES string of the molecule is Cc1ccc(C(=O)O)cc1-c1nc(CO)[nH]c1C(F)(F)F. The van der Waals surface area contributed by atoms with Crippen LogP contribution in [0.25, 0.3) is 11.3 Å². The normalized spacial score (nSPS) is 11.7. The Bertz CT molecular complexity index is 692. The summed E-state index contributed by atoms with van der Waals surface area (Å²) in [6.45, 7) is 0.870. The van der Waals surface area contributed by atoms with Crippen molar-refractivity contribution < 1.29 is 28.2 Å². The first-order chi connectivity index (χ1) is 9.74. The second-order valence-corrected chi connectivity index (χ2v) is 4.40. The quantitative estimate of drug-likeness (QED) is 0.813. The van der Waals surface area contributed by atoms with Gasteiger partial charge < -0.3 is 15.2 Å². The molecule has 1 aromatic heterocycles. The summed E-state index contributed by atoms with van der Waals surface area (Å²) in [7, 11) is 0. The van der Waals surface area contributed by atoms with Crippen LogP contribution in [0.3, 0.4) is 0 Å². The number of carboxylic acid groups (broad SMARTS) is 1. The van der Waals surface area contributed by atoms with E-state index >= 15 is 0 Å². The number of aromatic nitrogens is 2. The third kappa shape index (κ3) is 2.89. The standard InChI is InChI=1S/C13H11F3N2O3/c1-6-2-3-7(12(20)21)4-8(6)10-11(13(14,15)16)18-9(5-19)17-10/h2-4,19H,5H2,1H3,(H,17,18)(H,20,21). The summed E-state index contributed by atoms with van der Waals surface area (Å²) in [5, 5.41) is 17.9. The second kappa shape index (κ2) is 5.21. The molecule has 112 valence electrons. The average Bonchev–Trinajstić information content (AvgIpc) is 2.83. The molecule has 0 fully saturated rings. The highest BCUT2D eigenvalue weighted by atomic mass is 19.4. The fraction of sp³-hybridized carbons (Fsp3) is 0.231. The number of aliphatic hydroxyl groups excluding tert-OH is 1. The van der Waals surface area contributed by atoms with E-state index in [2.05, 4.69) is 4.98 Å². The lowest BCUT2D eigenvalue weighted by Crippen LogP contribution is -2.08. The van der Waals surface area contributed by atoms with E-state index in [9.17, 15) is 18.0 Å². The van der Waals surface area contributed by atoms with E-state index in [4.69, 9.17) is 10.2 Å². The minimum atomic E-state index is -4.69. The maximum Gasteiger partial charge on any atom is 0.433 e. The Morgan fingerprint density at radius 3 is 2.57 bits per heavy atom. The molecule has 8 heteroatoms. The van der Waals surface area contributed by atoms with Crippen molar-refractivity contribution in [3.05, 3.63) is 40.8 Å². The molecule has 0 aliphatic heterocycles. The van der Waals surface area contributed by atoms with Crippen LogP contribution in [0, 0.1) is 6.92 Å². The van der Waals surface area contributed by atoms with Crippen molar-refractivity contribution in [3.63, 3.8) is 0 Å². The summed E-state index contributed by atoms with van der Waals surface area (Å²) >= 11 is 0. The van der Waals surface area contributed by atoms with Crippen molar-refractivity contribution in [1.29, 1.82) is 0 Å². The Balaban J connectivity index is 2.69. The van der Waals surface area contributed by atoms with Crippen LogP contribution in [0.4, 0.5) is 13.2 Å². The summed E-state index contributed by atoms with van der Waals surface area (Å²) in [4.78, 5) is 16.7. The zero-order valence-corrected chi connectivity index (χ0v) is 10.8. The number of H-pyrrole nitrogens is 1. The van der Waals surface area contributed by atoms with E-state index in [1.54, 1.807) is 6.92 Å². The van der Waals surface area contributed by atoms with Crippen LogP contribution >= 0.6 is 0 Å². The summed E-state index contributed by atoms with van der Waals surface area (Å²) in [5.74, 6) is -1.49. The van der Waals surface area contributed by atoms with Crippen LogP contribution < -0.4 is 0 Å². The molecule has 0 atom stereocenters. The average molecular weight is 300 g/mol. The van der Waals surface area contributed by atoms with Gasteiger partial charge in [0, 0.05) is 5.56 Å². The molecule has 0 aliphatic rings. The van der Waals surface area contributed by atoms with E-state index in [0.29, 0.717) is 5.56 Å². The Morgan fingerprint density at radius 2 is 2.05 bits per heavy atom. The minimum absolute atomic E-state index is 0.0539. The van der Waals surface area contributed by atoms with Crippen molar-refractivity contribution in [2.75, 3.05) is 0 Å². The number of aromatic amines is 1. The molecule has 0 radical (unpaired) electrons. The second-order valence-electron chi connectivity index (χ2n) is 4.40. The highest BCUT2D eigenvalue weighted by Gasteiger charge is 2.37. The van der Waals surface area contributed by atoms with Gasteiger partial charge in [0.15, 0.2) is 0 Å². The number of rotatable bonds is 3.